The minimum Gasteiger partial charge on any atom is -0.383 e. The summed E-state index contributed by atoms with van der Waals surface area (Å²) in [6, 6.07) is 6.22. The summed E-state index contributed by atoms with van der Waals surface area (Å²) in [5, 5.41) is 14.3. The van der Waals surface area contributed by atoms with Crippen molar-refractivity contribution < 1.29 is 9.53 Å². The molecule has 0 aromatic carbocycles. The highest BCUT2D eigenvalue weighted by molar-refractivity contribution is 7.10. The zero-order chi connectivity index (χ0) is 19.3. The van der Waals surface area contributed by atoms with Crippen LogP contribution in [0.4, 0.5) is 0 Å². The van der Waals surface area contributed by atoms with Gasteiger partial charge in [0, 0.05) is 23.4 Å². The predicted molar refractivity (Wildman–Crippen MR) is 105 cm³/mol. The number of hydrogen-bond donors (Lipinski definition) is 1. The van der Waals surface area contributed by atoms with Crippen LogP contribution >= 0.6 is 11.3 Å². The van der Waals surface area contributed by atoms with Crippen molar-refractivity contribution in [1.29, 1.82) is 5.26 Å². The Bertz CT molecular complexity index is 855. The molecule has 2 aromatic heterocycles. The molecular formula is C20H25N3O2S. The molecule has 0 fully saturated rings. The molecule has 26 heavy (non-hydrogen) atoms. The van der Waals surface area contributed by atoms with Crippen LogP contribution in [0.1, 0.15) is 40.4 Å². The minimum atomic E-state index is -0.352. The monoisotopic (exact) mass is 371 g/mol. The zero-order valence-corrected chi connectivity index (χ0v) is 16.7. The molecule has 0 saturated carbocycles. The number of amides is 1. The fourth-order valence-electron chi connectivity index (χ4n) is 3.09. The third-order valence-electron chi connectivity index (χ3n) is 4.41. The van der Waals surface area contributed by atoms with Gasteiger partial charge in [0.2, 0.25) is 0 Å². The quantitative estimate of drug-likeness (QED) is 0.593. The highest BCUT2D eigenvalue weighted by Crippen LogP contribution is 2.23. The Kier molecular flexibility index (Phi) is 6.78. The van der Waals surface area contributed by atoms with Crippen LogP contribution in [0, 0.1) is 32.1 Å². The van der Waals surface area contributed by atoms with Crippen molar-refractivity contribution in [3.8, 4) is 6.07 Å². The maximum atomic E-state index is 12.4. The summed E-state index contributed by atoms with van der Waals surface area (Å²) >= 11 is 1.60. The van der Waals surface area contributed by atoms with Crippen molar-refractivity contribution >= 4 is 23.3 Å². The number of carbonyl (C=O) groups is 1. The number of carbonyl (C=O) groups excluding carboxylic acids is 1. The molecule has 1 unspecified atom stereocenters. The van der Waals surface area contributed by atoms with Crippen LogP contribution < -0.4 is 5.32 Å². The van der Waals surface area contributed by atoms with Crippen molar-refractivity contribution in [2.45, 2.75) is 40.3 Å². The first-order valence-corrected chi connectivity index (χ1v) is 9.37. The Labute approximate surface area is 158 Å². The average molecular weight is 372 g/mol. The molecule has 2 aromatic rings. The topological polar surface area (TPSA) is 67.0 Å². The lowest BCUT2D eigenvalue weighted by atomic mass is 10.1. The van der Waals surface area contributed by atoms with E-state index in [1.54, 1.807) is 24.5 Å². The molecule has 6 heteroatoms. The van der Waals surface area contributed by atoms with Gasteiger partial charge < -0.3 is 14.6 Å². The molecule has 2 heterocycles. The van der Waals surface area contributed by atoms with Crippen LogP contribution in [0.3, 0.4) is 0 Å². The molecule has 0 aliphatic rings. The van der Waals surface area contributed by atoms with Crippen molar-refractivity contribution in [3.05, 3.63) is 50.5 Å². The Morgan fingerprint density at radius 2 is 2.19 bits per heavy atom. The van der Waals surface area contributed by atoms with Gasteiger partial charge in [-0.3, -0.25) is 4.79 Å². The van der Waals surface area contributed by atoms with Gasteiger partial charge in [0.1, 0.15) is 11.6 Å². The summed E-state index contributed by atoms with van der Waals surface area (Å²) in [5.74, 6) is -0.352. The second-order valence-corrected chi connectivity index (χ2v) is 7.38. The van der Waals surface area contributed by atoms with Crippen LogP contribution in [0.25, 0.3) is 6.08 Å². The third kappa shape index (κ3) is 4.43. The second kappa shape index (κ2) is 8.84. The largest absolute Gasteiger partial charge is 0.383 e. The summed E-state index contributed by atoms with van der Waals surface area (Å²) in [6.07, 6.45) is 1.66. The Morgan fingerprint density at radius 1 is 1.46 bits per heavy atom. The summed E-state index contributed by atoms with van der Waals surface area (Å²) in [6.45, 7) is 9.14. The zero-order valence-electron chi connectivity index (χ0n) is 15.9. The number of aromatic nitrogens is 1. The fraction of sp³-hybridized carbons (Fsp3) is 0.400. The maximum Gasteiger partial charge on any atom is 0.262 e. The van der Waals surface area contributed by atoms with E-state index in [9.17, 15) is 10.1 Å². The SMILES string of the molecule is COCC(C)n1c(C)cc(/C=C(\C#N)C(=O)NCc2sccc2C)c1C. The van der Waals surface area contributed by atoms with E-state index in [2.05, 4.69) is 16.8 Å². The molecule has 0 radical (unpaired) electrons. The molecule has 2 rings (SSSR count). The number of nitriles is 1. The average Bonchev–Trinajstić information content (AvgIpc) is 3.13. The van der Waals surface area contributed by atoms with E-state index in [0.717, 1.165) is 27.4 Å². The molecule has 0 aliphatic heterocycles. The van der Waals surface area contributed by atoms with Crippen LogP contribution in [0.2, 0.25) is 0 Å². The molecule has 0 spiro atoms. The van der Waals surface area contributed by atoms with E-state index < -0.39 is 0 Å². The summed E-state index contributed by atoms with van der Waals surface area (Å²) in [5.41, 5.74) is 4.23. The number of ether oxygens (including phenoxy) is 1. The number of methoxy groups -OCH3 is 1. The van der Waals surface area contributed by atoms with Gasteiger partial charge >= 0.3 is 0 Å². The molecule has 1 N–H and O–H groups in total. The lowest BCUT2D eigenvalue weighted by Crippen LogP contribution is -2.23. The van der Waals surface area contributed by atoms with Crippen LogP contribution in [-0.4, -0.2) is 24.2 Å². The highest BCUT2D eigenvalue weighted by atomic mass is 32.1. The van der Waals surface area contributed by atoms with Crippen LogP contribution in [0.5, 0.6) is 0 Å². The minimum absolute atomic E-state index is 0.110. The van der Waals surface area contributed by atoms with Crippen molar-refractivity contribution in [2.24, 2.45) is 0 Å². The summed E-state index contributed by atoms with van der Waals surface area (Å²) < 4.78 is 7.41. The molecular weight excluding hydrogens is 346 g/mol. The van der Waals surface area contributed by atoms with Gasteiger partial charge in [-0.25, -0.2) is 0 Å². The van der Waals surface area contributed by atoms with Gasteiger partial charge in [-0.05, 0) is 62.4 Å². The van der Waals surface area contributed by atoms with Crippen LogP contribution in [0.15, 0.2) is 23.1 Å². The van der Waals surface area contributed by atoms with E-state index in [4.69, 9.17) is 4.74 Å². The highest BCUT2D eigenvalue weighted by Gasteiger charge is 2.16. The first kappa shape index (κ1) is 20.0. The first-order valence-electron chi connectivity index (χ1n) is 8.49. The number of nitrogens with zero attached hydrogens (tertiary/aromatic N) is 2. The van der Waals surface area contributed by atoms with E-state index in [0.29, 0.717) is 13.2 Å². The Balaban J connectivity index is 2.20. The standard InChI is InChI=1S/C20H25N3O2S/c1-13-6-7-26-19(13)11-22-20(24)18(10-21)9-17-8-14(2)23(16(17)4)15(3)12-25-5/h6-9,15H,11-12H2,1-5H3,(H,22,24)/b18-9+. The Hall–Kier alpha value is -2.36. The van der Waals surface area contributed by atoms with Gasteiger partial charge in [0.25, 0.3) is 5.91 Å². The van der Waals surface area contributed by atoms with Gasteiger partial charge in [-0.1, -0.05) is 0 Å². The van der Waals surface area contributed by atoms with Gasteiger partial charge in [0.05, 0.1) is 19.2 Å². The number of thiophene rings is 1. The summed E-state index contributed by atoms with van der Waals surface area (Å²) in [7, 11) is 1.68. The Morgan fingerprint density at radius 3 is 2.77 bits per heavy atom. The molecule has 1 atom stereocenters. The van der Waals surface area contributed by atoms with E-state index >= 15 is 0 Å². The second-order valence-electron chi connectivity index (χ2n) is 6.38. The third-order valence-corrected chi connectivity index (χ3v) is 5.44. The van der Waals surface area contributed by atoms with Crippen molar-refractivity contribution in [2.75, 3.05) is 13.7 Å². The van der Waals surface area contributed by atoms with Gasteiger partial charge in [-0.2, -0.15) is 5.26 Å². The van der Waals surface area contributed by atoms with E-state index in [1.807, 2.05) is 44.4 Å². The fourth-order valence-corrected chi connectivity index (χ4v) is 3.93. The van der Waals surface area contributed by atoms with E-state index in [-0.39, 0.29) is 17.5 Å². The molecule has 0 aliphatic carbocycles. The number of aryl methyl sites for hydroxylation is 2. The number of nitrogens with one attached hydrogen (secondary N) is 1. The van der Waals surface area contributed by atoms with Crippen LogP contribution in [-0.2, 0) is 16.1 Å². The lowest BCUT2D eigenvalue weighted by molar-refractivity contribution is -0.117. The molecule has 5 nitrogen and oxygen atoms in total. The first-order chi connectivity index (χ1) is 12.4. The molecule has 1 amide bonds. The number of rotatable bonds is 7. The molecule has 138 valence electrons. The predicted octanol–water partition coefficient (Wildman–Crippen LogP) is 3.91. The summed E-state index contributed by atoms with van der Waals surface area (Å²) in [4.78, 5) is 13.5. The van der Waals surface area contributed by atoms with Gasteiger partial charge in [-0.15, -0.1) is 11.3 Å². The van der Waals surface area contributed by atoms with Crippen molar-refractivity contribution in [3.63, 3.8) is 0 Å². The maximum absolute atomic E-state index is 12.4. The van der Waals surface area contributed by atoms with E-state index in [1.165, 1.54) is 0 Å². The molecule has 0 bridgehead atoms. The van der Waals surface area contributed by atoms with Gasteiger partial charge in [0.15, 0.2) is 0 Å². The number of hydrogen-bond acceptors (Lipinski definition) is 4. The lowest BCUT2D eigenvalue weighted by Gasteiger charge is -2.17. The normalized spacial score (nSPS) is 12.7. The van der Waals surface area contributed by atoms with Crippen molar-refractivity contribution in [1.82, 2.24) is 9.88 Å². The molecule has 0 saturated heterocycles. The smallest absolute Gasteiger partial charge is 0.262 e.